The number of piperazine rings is 1. The van der Waals surface area contributed by atoms with Gasteiger partial charge in [0.15, 0.2) is 0 Å². The molecular formula is C23H24FN3O3. The van der Waals surface area contributed by atoms with Crippen LogP contribution in [0.5, 0.6) is 0 Å². The van der Waals surface area contributed by atoms with Crippen molar-refractivity contribution >= 4 is 22.6 Å². The average molecular weight is 409 g/mol. The number of benzene rings is 2. The van der Waals surface area contributed by atoms with Crippen LogP contribution < -0.4 is 15.6 Å². The minimum atomic E-state index is -1.34. The summed E-state index contributed by atoms with van der Waals surface area (Å²) < 4.78 is 16.8. The van der Waals surface area contributed by atoms with Crippen LogP contribution >= 0.6 is 0 Å². The number of anilines is 1. The van der Waals surface area contributed by atoms with Crippen molar-refractivity contribution in [3.05, 3.63) is 69.8 Å². The summed E-state index contributed by atoms with van der Waals surface area (Å²) >= 11 is 0. The number of carbonyl (C=O) groups is 1. The highest BCUT2D eigenvalue weighted by molar-refractivity contribution is 5.94. The Morgan fingerprint density at radius 3 is 2.37 bits per heavy atom. The zero-order valence-electron chi connectivity index (χ0n) is 17.1. The Morgan fingerprint density at radius 2 is 1.77 bits per heavy atom. The minimum Gasteiger partial charge on any atom is -0.477 e. The highest BCUT2D eigenvalue weighted by Crippen LogP contribution is 2.28. The first-order valence-electron chi connectivity index (χ1n) is 9.95. The number of aryl methyl sites for hydroxylation is 1. The van der Waals surface area contributed by atoms with Crippen LogP contribution in [0.25, 0.3) is 16.6 Å². The van der Waals surface area contributed by atoms with Crippen molar-refractivity contribution in [1.82, 2.24) is 9.88 Å². The number of aromatic nitrogens is 1. The predicted octanol–water partition coefficient (Wildman–Crippen LogP) is 3.32. The van der Waals surface area contributed by atoms with Crippen LogP contribution in [0, 0.1) is 12.7 Å². The number of fused-ring (bicyclic) bond motifs is 1. The Hall–Kier alpha value is -3.19. The number of rotatable bonds is 3. The molecule has 2 aromatic carbocycles. The van der Waals surface area contributed by atoms with Gasteiger partial charge >= 0.3 is 5.97 Å². The number of nitrogens with zero attached hydrogens (tertiary/aromatic N) is 2. The van der Waals surface area contributed by atoms with Gasteiger partial charge in [-0.3, -0.25) is 4.79 Å². The molecular weight excluding hydrogens is 385 g/mol. The van der Waals surface area contributed by atoms with Crippen molar-refractivity contribution in [3.63, 3.8) is 0 Å². The number of halogens is 1. The topological polar surface area (TPSA) is 74.6 Å². The summed E-state index contributed by atoms with van der Waals surface area (Å²) in [4.78, 5) is 26.4. The summed E-state index contributed by atoms with van der Waals surface area (Å²) in [5, 5.41) is 13.0. The fourth-order valence-electron chi connectivity index (χ4n) is 4.17. The van der Waals surface area contributed by atoms with E-state index in [2.05, 4.69) is 5.32 Å². The summed E-state index contributed by atoms with van der Waals surface area (Å²) in [5.41, 5.74) is 1.56. The van der Waals surface area contributed by atoms with E-state index >= 15 is 4.39 Å². The maximum absolute atomic E-state index is 15.1. The molecule has 30 heavy (non-hydrogen) atoms. The molecule has 0 bridgehead atoms. The van der Waals surface area contributed by atoms with Crippen LogP contribution in [-0.4, -0.2) is 40.8 Å². The fraction of sp³-hybridized carbons (Fsp3) is 0.304. The van der Waals surface area contributed by atoms with Crippen LogP contribution in [-0.2, 0) is 0 Å². The summed E-state index contributed by atoms with van der Waals surface area (Å²) in [6.45, 7) is 7.31. The molecule has 1 fully saturated rings. The Balaban J connectivity index is 1.98. The second-order valence-corrected chi connectivity index (χ2v) is 8.08. The summed E-state index contributed by atoms with van der Waals surface area (Å²) in [5.74, 6) is -1.86. The SMILES string of the molecule is Cc1ccc(-n2cc(C(=O)O)c(=O)c3cc(F)c(N4CC(C)NC(C)C4)cc32)cc1. The van der Waals surface area contributed by atoms with Gasteiger partial charge in [0, 0.05) is 42.4 Å². The molecule has 1 aliphatic rings. The van der Waals surface area contributed by atoms with E-state index in [4.69, 9.17) is 0 Å². The standard InChI is InChI=1S/C23H24FN3O3/c1-13-4-6-16(7-5-13)27-12-18(23(29)30)22(28)17-8-19(24)21(9-20(17)27)26-10-14(2)25-15(3)11-26/h4-9,12,14-15,25H,10-11H2,1-3H3,(H,29,30). The third-order valence-electron chi connectivity index (χ3n) is 5.51. The van der Waals surface area contributed by atoms with Gasteiger partial charge in [-0.25, -0.2) is 9.18 Å². The third kappa shape index (κ3) is 3.57. The Labute approximate surface area is 173 Å². The highest BCUT2D eigenvalue weighted by Gasteiger charge is 2.25. The molecule has 2 unspecified atom stereocenters. The molecule has 3 aromatic rings. The molecule has 0 aliphatic carbocycles. The van der Waals surface area contributed by atoms with Gasteiger partial charge in [-0.1, -0.05) is 17.7 Å². The van der Waals surface area contributed by atoms with Gasteiger partial charge in [-0.2, -0.15) is 0 Å². The van der Waals surface area contributed by atoms with Gasteiger partial charge in [0.05, 0.1) is 11.2 Å². The van der Waals surface area contributed by atoms with Crippen molar-refractivity contribution in [3.8, 4) is 5.69 Å². The van der Waals surface area contributed by atoms with Crippen LogP contribution in [0.15, 0.2) is 47.4 Å². The van der Waals surface area contributed by atoms with Crippen molar-refractivity contribution in [2.75, 3.05) is 18.0 Å². The van der Waals surface area contributed by atoms with Crippen molar-refractivity contribution in [2.24, 2.45) is 0 Å². The van der Waals surface area contributed by atoms with Gasteiger partial charge in [0.25, 0.3) is 0 Å². The Bertz CT molecular complexity index is 1180. The molecule has 2 heterocycles. The molecule has 156 valence electrons. The number of aromatic carboxylic acids is 1. The molecule has 2 N–H and O–H groups in total. The van der Waals surface area contributed by atoms with Gasteiger partial charge < -0.3 is 19.9 Å². The van der Waals surface area contributed by atoms with Gasteiger partial charge in [-0.05, 0) is 45.0 Å². The number of hydrogen-bond acceptors (Lipinski definition) is 4. The van der Waals surface area contributed by atoms with Crippen molar-refractivity contribution in [2.45, 2.75) is 32.9 Å². The maximum Gasteiger partial charge on any atom is 0.341 e. The second kappa shape index (κ2) is 7.57. The number of hydrogen-bond donors (Lipinski definition) is 2. The van der Waals surface area contributed by atoms with Crippen LogP contribution in [0.3, 0.4) is 0 Å². The van der Waals surface area contributed by atoms with E-state index in [1.54, 1.807) is 10.6 Å². The first-order chi connectivity index (χ1) is 14.2. The monoisotopic (exact) mass is 409 g/mol. The third-order valence-corrected chi connectivity index (χ3v) is 5.51. The van der Waals surface area contributed by atoms with Crippen LogP contribution in [0.2, 0.25) is 0 Å². The lowest BCUT2D eigenvalue weighted by Crippen LogP contribution is -2.54. The number of nitrogens with one attached hydrogen (secondary N) is 1. The lowest BCUT2D eigenvalue weighted by Gasteiger charge is -2.38. The van der Waals surface area contributed by atoms with E-state index in [1.807, 2.05) is 49.9 Å². The average Bonchev–Trinajstić information content (AvgIpc) is 2.68. The smallest absolute Gasteiger partial charge is 0.341 e. The quantitative estimate of drug-likeness (QED) is 0.694. The lowest BCUT2D eigenvalue weighted by molar-refractivity contribution is 0.0695. The van der Waals surface area contributed by atoms with E-state index in [0.717, 1.165) is 5.56 Å². The van der Waals surface area contributed by atoms with Crippen LogP contribution in [0.1, 0.15) is 29.8 Å². The van der Waals surface area contributed by atoms with E-state index < -0.39 is 17.2 Å². The number of carboxylic acid groups (broad SMARTS) is 1. The molecule has 4 rings (SSSR count). The summed E-state index contributed by atoms with van der Waals surface area (Å²) in [7, 11) is 0. The fourth-order valence-corrected chi connectivity index (χ4v) is 4.17. The molecule has 0 saturated carbocycles. The van der Waals surface area contributed by atoms with E-state index in [9.17, 15) is 14.7 Å². The second-order valence-electron chi connectivity index (χ2n) is 8.08. The first kappa shape index (κ1) is 20.1. The van der Waals surface area contributed by atoms with Gasteiger partial charge in [0.2, 0.25) is 5.43 Å². The molecule has 1 aromatic heterocycles. The van der Waals surface area contributed by atoms with E-state index in [-0.39, 0.29) is 23.0 Å². The zero-order chi connectivity index (χ0) is 21.6. The molecule has 1 saturated heterocycles. The van der Waals surface area contributed by atoms with E-state index in [0.29, 0.717) is 30.0 Å². The lowest BCUT2D eigenvalue weighted by atomic mass is 10.1. The number of carboxylic acids is 1. The Kier molecular flexibility index (Phi) is 5.07. The number of pyridine rings is 1. The normalized spacial score (nSPS) is 19.3. The summed E-state index contributed by atoms with van der Waals surface area (Å²) in [6.07, 6.45) is 1.32. The molecule has 6 nitrogen and oxygen atoms in total. The van der Waals surface area contributed by atoms with Crippen molar-refractivity contribution < 1.29 is 14.3 Å². The van der Waals surface area contributed by atoms with Crippen molar-refractivity contribution in [1.29, 1.82) is 0 Å². The largest absolute Gasteiger partial charge is 0.477 e. The molecule has 1 aliphatic heterocycles. The molecule has 7 heteroatoms. The maximum atomic E-state index is 15.1. The Morgan fingerprint density at radius 1 is 1.13 bits per heavy atom. The van der Waals surface area contributed by atoms with Crippen LogP contribution in [0.4, 0.5) is 10.1 Å². The highest BCUT2D eigenvalue weighted by atomic mass is 19.1. The minimum absolute atomic E-state index is 0.0490. The molecule has 2 atom stereocenters. The molecule has 0 radical (unpaired) electrons. The predicted molar refractivity (Wildman–Crippen MR) is 115 cm³/mol. The summed E-state index contributed by atoms with van der Waals surface area (Å²) in [6, 6.07) is 10.7. The van der Waals surface area contributed by atoms with Gasteiger partial charge in [-0.15, -0.1) is 0 Å². The zero-order valence-corrected chi connectivity index (χ0v) is 17.1. The van der Waals surface area contributed by atoms with E-state index in [1.165, 1.54) is 12.3 Å². The molecule has 0 amide bonds. The first-order valence-corrected chi connectivity index (χ1v) is 9.95. The molecule has 0 spiro atoms. The van der Waals surface area contributed by atoms with Gasteiger partial charge in [0.1, 0.15) is 11.4 Å².